The highest BCUT2D eigenvalue weighted by Crippen LogP contribution is 2.44. The molecule has 1 aromatic rings. The highest BCUT2D eigenvalue weighted by molar-refractivity contribution is 8.26. The fourth-order valence-electron chi connectivity index (χ4n) is 3.37. The molecule has 1 N–H and O–H groups in total. The smallest absolute Gasteiger partial charge is 0.286 e. The van der Waals surface area contributed by atoms with Crippen molar-refractivity contribution in [1.29, 1.82) is 0 Å². The van der Waals surface area contributed by atoms with Crippen molar-refractivity contribution >= 4 is 57.3 Å². The summed E-state index contributed by atoms with van der Waals surface area (Å²) >= 11 is 6.27. The number of nitrogens with one attached hydrogen (secondary N) is 1. The Balaban J connectivity index is 1.89. The van der Waals surface area contributed by atoms with Crippen LogP contribution in [0.5, 0.6) is 0 Å². The van der Waals surface area contributed by atoms with E-state index in [1.54, 1.807) is 4.90 Å². The van der Waals surface area contributed by atoms with E-state index in [2.05, 4.69) is 12.3 Å². The predicted molar refractivity (Wildman–Crippen MR) is 115 cm³/mol. The number of hydrogen-bond donors (Lipinski definition) is 1. The lowest BCUT2D eigenvalue weighted by Gasteiger charge is -2.17. The molecule has 3 amide bonds. The monoisotopic (exact) mass is 417 g/mol. The maximum atomic E-state index is 13.2. The summed E-state index contributed by atoms with van der Waals surface area (Å²) in [5.41, 5.74) is 4.35. The van der Waals surface area contributed by atoms with E-state index in [9.17, 15) is 14.4 Å². The maximum Gasteiger partial charge on any atom is 0.286 e. The van der Waals surface area contributed by atoms with Crippen LogP contribution >= 0.6 is 24.0 Å². The molecule has 1 fully saturated rings. The van der Waals surface area contributed by atoms with E-state index >= 15 is 0 Å². The largest absolute Gasteiger partial charge is 0.308 e. The second-order valence-electron chi connectivity index (χ2n) is 6.77. The van der Waals surface area contributed by atoms with Crippen molar-refractivity contribution in [2.24, 2.45) is 0 Å². The first kappa shape index (κ1) is 20.5. The Morgan fingerprint density at radius 3 is 2.54 bits per heavy atom. The number of rotatable bonds is 7. The van der Waals surface area contributed by atoms with Gasteiger partial charge in [-0.15, -0.1) is 0 Å². The third-order valence-electron chi connectivity index (χ3n) is 4.67. The molecular formula is C20H23N3O3S2. The molecular weight excluding hydrogens is 394 g/mol. The molecule has 1 saturated heterocycles. The van der Waals surface area contributed by atoms with E-state index in [0.717, 1.165) is 47.3 Å². The molecule has 3 rings (SSSR count). The van der Waals surface area contributed by atoms with Crippen molar-refractivity contribution in [2.75, 3.05) is 11.4 Å². The predicted octanol–water partition coefficient (Wildman–Crippen LogP) is 3.63. The SMILES string of the molecule is CCCCCCCN1C(=O)/C(=C2\SC(=S)N(NC(C)=O)C2=O)c2ccccc21. The summed E-state index contributed by atoms with van der Waals surface area (Å²) < 4.78 is 0.214. The third kappa shape index (κ3) is 3.98. The van der Waals surface area contributed by atoms with Crippen molar-refractivity contribution in [3.05, 3.63) is 34.7 Å². The maximum absolute atomic E-state index is 13.2. The third-order valence-corrected chi connectivity index (χ3v) is 6.05. The van der Waals surface area contributed by atoms with Gasteiger partial charge in [0.15, 0.2) is 4.32 Å². The van der Waals surface area contributed by atoms with E-state index in [1.807, 2.05) is 24.3 Å². The molecule has 148 valence electrons. The van der Waals surface area contributed by atoms with Crippen LogP contribution in [0, 0.1) is 0 Å². The van der Waals surface area contributed by atoms with E-state index in [0.29, 0.717) is 12.1 Å². The van der Waals surface area contributed by atoms with Gasteiger partial charge >= 0.3 is 0 Å². The zero-order valence-corrected chi connectivity index (χ0v) is 17.6. The lowest BCUT2D eigenvalue weighted by molar-refractivity contribution is -0.132. The molecule has 0 atom stereocenters. The molecule has 2 heterocycles. The fourth-order valence-corrected chi connectivity index (χ4v) is 4.62. The zero-order chi connectivity index (χ0) is 20.3. The van der Waals surface area contributed by atoms with Gasteiger partial charge in [0.1, 0.15) is 0 Å². The summed E-state index contributed by atoms with van der Waals surface area (Å²) in [6.45, 7) is 4.10. The summed E-state index contributed by atoms with van der Waals surface area (Å²) in [7, 11) is 0. The molecule has 2 aliphatic rings. The Labute approximate surface area is 174 Å². The lowest BCUT2D eigenvalue weighted by Crippen LogP contribution is -2.43. The van der Waals surface area contributed by atoms with Crippen LogP contribution in [-0.2, 0) is 14.4 Å². The molecule has 2 aliphatic heterocycles. The summed E-state index contributed by atoms with van der Waals surface area (Å²) in [5.74, 6) is -1.04. The Kier molecular flexibility index (Phi) is 6.51. The van der Waals surface area contributed by atoms with Gasteiger partial charge in [-0.2, -0.15) is 5.01 Å². The number of nitrogens with zero attached hydrogens (tertiary/aromatic N) is 2. The van der Waals surface area contributed by atoms with Crippen LogP contribution in [-0.4, -0.2) is 33.6 Å². The normalized spacial score (nSPS) is 18.9. The first-order valence-electron chi connectivity index (χ1n) is 9.44. The van der Waals surface area contributed by atoms with Crippen LogP contribution in [0.1, 0.15) is 51.5 Å². The molecule has 6 nitrogen and oxygen atoms in total. The molecule has 0 saturated carbocycles. The molecule has 8 heteroatoms. The minimum Gasteiger partial charge on any atom is -0.308 e. The minimum absolute atomic E-state index is 0.181. The number of benzene rings is 1. The summed E-state index contributed by atoms with van der Waals surface area (Å²) in [6.07, 6.45) is 5.51. The molecule has 0 aromatic heterocycles. The molecule has 0 radical (unpaired) electrons. The van der Waals surface area contributed by atoms with Crippen molar-refractivity contribution in [1.82, 2.24) is 10.4 Å². The van der Waals surface area contributed by atoms with Gasteiger partial charge in [-0.25, -0.2) is 0 Å². The zero-order valence-electron chi connectivity index (χ0n) is 16.0. The van der Waals surface area contributed by atoms with Crippen LogP contribution in [0.15, 0.2) is 29.2 Å². The van der Waals surface area contributed by atoms with Crippen LogP contribution < -0.4 is 10.3 Å². The minimum atomic E-state index is -0.465. The second-order valence-corrected chi connectivity index (χ2v) is 8.41. The Morgan fingerprint density at radius 2 is 1.82 bits per heavy atom. The molecule has 0 spiro atoms. The van der Waals surface area contributed by atoms with Gasteiger partial charge < -0.3 is 4.90 Å². The van der Waals surface area contributed by atoms with E-state index in [1.165, 1.54) is 19.8 Å². The molecule has 1 aromatic carbocycles. The molecule has 0 unspecified atom stereocenters. The number of hydrazine groups is 1. The first-order valence-corrected chi connectivity index (χ1v) is 10.7. The number of unbranched alkanes of at least 4 members (excludes halogenated alkanes) is 4. The van der Waals surface area contributed by atoms with Gasteiger partial charge in [0, 0.05) is 19.0 Å². The van der Waals surface area contributed by atoms with Crippen molar-refractivity contribution in [2.45, 2.75) is 46.0 Å². The quantitative estimate of drug-likeness (QED) is 0.417. The topological polar surface area (TPSA) is 69.7 Å². The average molecular weight is 418 g/mol. The molecule has 28 heavy (non-hydrogen) atoms. The van der Waals surface area contributed by atoms with Crippen LogP contribution in [0.25, 0.3) is 5.57 Å². The van der Waals surface area contributed by atoms with Crippen molar-refractivity contribution in [3.8, 4) is 0 Å². The van der Waals surface area contributed by atoms with E-state index in [4.69, 9.17) is 12.2 Å². The average Bonchev–Trinajstić information content (AvgIpc) is 3.09. The molecule has 0 bridgehead atoms. The molecule has 0 aliphatic carbocycles. The lowest BCUT2D eigenvalue weighted by atomic mass is 10.1. The number of fused-ring (bicyclic) bond motifs is 1. The standard InChI is InChI=1S/C20H23N3O3S2/c1-3-4-5-6-9-12-22-15-11-8-7-10-14(15)16(18(22)25)17-19(26)23(20(27)28-17)21-13(2)24/h7-8,10-11H,3-6,9,12H2,1-2H3,(H,21,24)/b17-16-. The van der Waals surface area contributed by atoms with Gasteiger partial charge in [-0.3, -0.25) is 19.8 Å². The number of carbonyl (C=O) groups is 3. The van der Waals surface area contributed by atoms with Crippen LogP contribution in [0.2, 0.25) is 0 Å². The number of carbonyl (C=O) groups excluding carboxylic acids is 3. The Hall–Kier alpha value is -2.19. The van der Waals surface area contributed by atoms with Crippen LogP contribution in [0.4, 0.5) is 5.69 Å². The van der Waals surface area contributed by atoms with E-state index in [-0.39, 0.29) is 15.1 Å². The highest BCUT2D eigenvalue weighted by atomic mass is 32.2. The van der Waals surface area contributed by atoms with Gasteiger partial charge in [-0.05, 0) is 24.7 Å². The summed E-state index contributed by atoms with van der Waals surface area (Å²) in [6, 6.07) is 7.50. The number of para-hydroxylation sites is 1. The number of amides is 3. The number of anilines is 1. The van der Waals surface area contributed by atoms with Crippen molar-refractivity contribution in [3.63, 3.8) is 0 Å². The second kappa shape index (κ2) is 8.87. The fraction of sp³-hybridized carbons (Fsp3) is 0.400. The first-order chi connectivity index (χ1) is 13.5. The van der Waals surface area contributed by atoms with Crippen molar-refractivity contribution < 1.29 is 14.4 Å². The summed E-state index contributed by atoms with van der Waals surface area (Å²) in [4.78, 5) is 39.4. The highest BCUT2D eigenvalue weighted by Gasteiger charge is 2.42. The Morgan fingerprint density at radius 1 is 1.11 bits per heavy atom. The van der Waals surface area contributed by atoms with Crippen LogP contribution in [0.3, 0.4) is 0 Å². The number of hydrogen-bond acceptors (Lipinski definition) is 5. The van der Waals surface area contributed by atoms with Gasteiger partial charge in [0.25, 0.3) is 11.8 Å². The number of thioether (sulfide) groups is 1. The van der Waals surface area contributed by atoms with Gasteiger partial charge in [0.2, 0.25) is 5.91 Å². The van der Waals surface area contributed by atoms with E-state index < -0.39 is 11.8 Å². The van der Waals surface area contributed by atoms with Gasteiger partial charge in [-0.1, -0.05) is 62.6 Å². The number of thiocarbonyl (C=S) groups is 1. The Bertz CT molecular complexity index is 866. The summed E-state index contributed by atoms with van der Waals surface area (Å²) in [5, 5.41) is 1.04. The van der Waals surface area contributed by atoms with Gasteiger partial charge in [0.05, 0.1) is 16.2 Å².